The van der Waals surface area contributed by atoms with E-state index in [-0.39, 0.29) is 12.0 Å². The van der Waals surface area contributed by atoms with Crippen molar-refractivity contribution >= 4 is 17.5 Å². The van der Waals surface area contributed by atoms with Gasteiger partial charge in [0.2, 0.25) is 0 Å². The fourth-order valence-electron chi connectivity index (χ4n) is 2.66. The fourth-order valence-corrected chi connectivity index (χ4v) is 2.79. The number of hydrogen-bond acceptors (Lipinski definition) is 3. The van der Waals surface area contributed by atoms with Gasteiger partial charge in [0, 0.05) is 11.6 Å². The van der Waals surface area contributed by atoms with E-state index in [1.807, 2.05) is 32.9 Å². The molecule has 0 unspecified atom stereocenters. The number of carbonyl (C=O) groups is 1. The molecule has 4 nitrogen and oxygen atoms in total. The first kappa shape index (κ1) is 21.1. The van der Waals surface area contributed by atoms with Gasteiger partial charge in [0.15, 0.2) is 6.10 Å². The summed E-state index contributed by atoms with van der Waals surface area (Å²) < 4.78 is 11.5. The SMILES string of the molecule is CC[C@H](Oc1ccc(Cl)cc1)C(=O)NCCCc1cccc(OC(C)C)c1. The van der Waals surface area contributed by atoms with E-state index in [1.54, 1.807) is 24.3 Å². The number of carbonyl (C=O) groups excluding carboxylic acids is 1. The van der Waals surface area contributed by atoms with E-state index < -0.39 is 6.10 Å². The van der Waals surface area contributed by atoms with Crippen LogP contribution in [0.15, 0.2) is 48.5 Å². The Morgan fingerprint density at radius 3 is 2.48 bits per heavy atom. The molecule has 0 spiro atoms. The zero-order valence-corrected chi connectivity index (χ0v) is 17.0. The van der Waals surface area contributed by atoms with Crippen LogP contribution >= 0.6 is 11.6 Å². The van der Waals surface area contributed by atoms with Crippen LogP contribution in [-0.4, -0.2) is 24.7 Å². The highest BCUT2D eigenvalue weighted by atomic mass is 35.5. The molecule has 2 aromatic carbocycles. The van der Waals surface area contributed by atoms with Crippen molar-refractivity contribution in [3.8, 4) is 11.5 Å². The van der Waals surface area contributed by atoms with E-state index >= 15 is 0 Å². The Bertz CT molecular complexity index is 716. The van der Waals surface area contributed by atoms with Crippen LogP contribution in [0.3, 0.4) is 0 Å². The standard InChI is InChI=1S/C22H28ClNO3/c1-4-21(27-19-12-10-18(23)11-13-19)22(25)24-14-6-8-17-7-5-9-20(15-17)26-16(2)3/h5,7,9-13,15-16,21H,4,6,8,14H2,1-3H3,(H,24,25)/t21-/m0/s1. The second kappa shape index (κ2) is 10.8. The number of hydrogen-bond donors (Lipinski definition) is 1. The van der Waals surface area contributed by atoms with E-state index in [0.29, 0.717) is 23.7 Å². The first-order valence-electron chi connectivity index (χ1n) is 9.43. The van der Waals surface area contributed by atoms with Crippen molar-refractivity contribution in [3.63, 3.8) is 0 Å². The smallest absolute Gasteiger partial charge is 0.261 e. The number of rotatable bonds is 10. The molecule has 2 rings (SSSR count). The second-order valence-corrected chi connectivity index (χ2v) is 7.11. The molecule has 0 heterocycles. The van der Waals surface area contributed by atoms with Crippen molar-refractivity contribution in [1.82, 2.24) is 5.32 Å². The Balaban J connectivity index is 1.76. The highest BCUT2D eigenvalue weighted by molar-refractivity contribution is 6.30. The maximum Gasteiger partial charge on any atom is 0.261 e. The molecule has 5 heteroatoms. The molecule has 2 aromatic rings. The average Bonchev–Trinajstić information content (AvgIpc) is 2.64. The number of benzene rings is 2. The maximum atomic E-state index is 12.4. The van der Waals surface area contributed by atoms with Gasteiger partial charge in [0.1, 0.15) is 11.5 Å². The Hall–Kier alpha value is -2.20. The van der Waals surface area contributed by atoms with Crippen LogP contribution in [0.2, 0.25) is 5.02 Å². The Morgan fingerprint density at radius 1 is 1.07 bits per heavy atom. The van der Waals surface area contributed by atoms with Gasteiger partial charge in [-0.3, -0.25) is 4.79 Å². The van der Waals surface area contributed by atoms with Crippen molar-refractivity contribution in [2.45, 2.75) is 52.2 Å². The molecule has 1 atom stereocenters. The van der Waals surface area contributed by atoms with Gasteiger partial charge in [0.25, 0.3) is 5.91 Å². The fraction of sp³-hybridized carbons (Fsp3) is 0.409. The summed E-state index contributed by atoms with van der Waals surface area (Å²) in [4.78, 5) is 12.4. The first-order valence-corrected chi connectivity index (χ1v) is 9.81. The van der Waals surface area contributed by atoms with Gasteiger partial charge in [-0.25, -0.2) is 0 Å². The van der Waals surface area contributed by atoms with E-state index in [4.69, 9.17) is 21.1 Å². The minimum atomic E-state index is -0.506. The summed E-state index contributed by atoms with van der Waals surface area (Å²) in [6.45, 7) is 6.56. The zero-order valence-electron chi connectivity index (χ0n) is 16.2. The Labute approximate surface area is 166 Å². The van der Waals surface area contributed by atoms with Crippen molar-refractivity contribution < 1.29 is 14.3 Å². The summed E-state index contributed by atoms with van der Waals surface area (Å²) in [7, 11) is 0. The third-order valence-corrected chi connectivity index (χ3v) is 4.22. The second-order valence-electron chi connectivity index (χ2n) is 6.68. The zero-order chi connectivity index (χ0) is 19.6. The molecule has 0 fully saturated rings. The van der Waals surface area contributed by atoms with Gasteiger partial charge in [-0.05, 0) is 75.1 Å². The van der Waals surface area contributed by atoms with E-state index in [0.717, 1.165) is 18.6 Å². The summed E-state index contributed by atoms with van der Waals surface area (Å²) >= 11 is 5.87. The first-order chi connectivity index (χ1) is 13.0. The predicted octanol–water partition coefficient (Wildman–Crippen LogP) is 5.03. The minimum Gasteiger partial charge on any atom is -0.491 e. The molecule has 0 saturated heterocycles. The third-order valence-electron chi connectivity index (χ3n) is 3.97. The lowest BCUT2D eigenvalue weighted by atomic mass is 10.1. The van der Waals surface area contributed by atoms with E-state index in [9.17, 15) is 4.79 Å². The van der Waals surface area contributed by atoms with Gasteiger partial charge in [-0.2, -0.15) is 0 Å². The minimum absolute atomic E-state index is 0.0932. The van der Waals surface area contributed by atoms with Crippen molar-refractivity contribution in [2.75, 3.05) is 6.54 Å². The molecule has 1 amide bonds. The van der Waals surface area contributed by atoms with Crippen molar-refractivity contribution in [3.05, 3.63) is 59.1 Å². The number of ether oxygens (including phenoxy) is 2. The summed E-state index contributed by atoms with van der Waals surface area (Å²) in [6.07, 6.45) is 1.99. The summed E-state index contributed by atoms with van der Waals surface area (Å²) in [5, 5.41) is 3.60. The molecule has 0 bridgehead atoms. The molecule has 0 radical (unpaired) electrons. The molecule has 0 aromatic heterocycles. The third kappa shape index (κ3) is 7.51. The number of amides is 1. The highest BCUT2D eigenvalue weighted by Crippen LogP contribution is 2.18. The van der Waals surface area contributed by atoms with Crippen LogP contribution in [0.1, 0.15) is 39.2 Å². The predicted molar refractivity (Wildman–Crippen MR) is 110 cm³/mol. The van der Waals surface area contributed by atoms with Gasteiger partial charge in [0.05, 0.1) is 6.10 Å². The molecular formula is C22H28ClNO3. The van der Waals surface area contributed by atoms with Crippen molar-refractivity contribution in [2.24, 2.45) is 0 Å². The lowest BCUT2D eigenvalue weighted by Crippen LogP contribution is -2.38. The highest BCUT2D eigenvalue weighted by Gasteiger charge is 2.17. The lowest BCUT2D eigenvalue weighted by Gasteiger charge is -2.17. The lowest BCUT2D eigenvalue weighted by molar-refractivity contribution is -0.128. The Kier molecular flexibility index (Phi) is 8.46. The molecule has 0 aliphatic carbocycles. The van der Waals surface area contributed by atoms with Crippen molar-refractivity contribution in [1.29, 1.82) is 0 Å². The van der Waals surface area contributed by atoms with Gasteiger partial charge in [-0.1, -0.05) is 30.7 Å². The summed E-state index contributed by atoms with van der Waals surface area (Å²) in [5.41, 5.74) is 1.20. The molecule has 1 N–H and O–H groups in total. The monoisotopic (exact) mass is 389 g/mol. The molecule has 0 aliphatic rings. The molecule has 146 valence electrons. The molecular weight excluding hydrogens is 362 g/mol. The van der Waals surface area contributed by atoms with Gasteiger partial charge < -0.3 is 14.8 Å². The van der Waals surface area contributed by atoms with E-state index in [2.05, 4.69) is 17.4 Å². The van der Waals surface area contributed by atoms with Gasteiger partial charge >= 0.3 is 0 Å². The maximum absolute atomic E-state index is 12.4. The van der Waals surface area contributed by atoms with Crippen LogP contribution in [0.25, 0.3) is 0 Å². The van der Waals surface area contributed by atoms with Gasteiger partial charge in [-0.15, -0.1) is 0 Å². The summed E-state index contributed by atoms with van der Waals surface area (Å²) in [5.74, 6) is 1.43. The summed E-state index contributed by atoms with van der Waals surface area (Å²) in [6, 6.07) is 15.1. The average molecular weight is 390 g/mol. The molecule has 0 saturated carbocycles. The molecule has 27 heavy (non-hydrogen) atoms. The normalized spacial score (nSPS) is 11.9. The largest absolute Gasteiger partial charge is 0.491 e. The van der Waals surface area contributed by atoms with Crippen LogP contribution in [0.5, 0.6) is 11.5 Å². The van der Waals surface area contributed by atoms with E-state index in [1.165, 1.54) is 5.56 Å². The van der Waals surface area contributed by atoms with Crippen LogP contribution in [0, 0.1) is 0 Å². The number of halogens is 1. The van der Waals surface area contributed by atoms with Crippen LogP contribution in [0.4, 0.5) is 0 Å². The Morgan fingerprint density at radius 2 is 1.81 bits per heavy atom. The molecule has 0 aliphatic heterocycles. The number of nitrogens with one attached hydrogen (secondary N) is 1. The van der Waals surface area contributed by atoms with Crippen LogP contribution in [-0.2, 0) is 11.2 Å². The van der Waals surface area contributed by atoms with Crippen LogP contribution < -0.4 is 14.8 Å². The topological polar surface area (TPSA) is 47.6 Å². The quantitative estimate of drug-likeness (QED) is 0.579. The number of aryl methyl sites for hydroxylation is 1.